The Hall–Kier alpha value is -3.74. The monoisotopic (exact) mass is 420 g/mol. The minimum Gasteiger partial charge on any atom is -0.453 e. The smallest absolute Gasteiger partial charge is 0.307 e. The predicted molar refractivity (Wildman–Crippen MR) is 116 cm³/mol. The van der Waals surface area contributed by atoms with Crippen LogP contribution in [0.3, 0.4) is 0 Å². The van der Waals surface area contributed by atoms with Crippen LogP contribution >= 0.6 is 0 Å². The van der Waals surface area contributed by atoms with E-state index in [1.54, 1.807) is 30.5 Å². The first kappa shape index (κ1) is 22.0. The second-order valence-corrected chi connectivity index (χ2v) is 7.24. The number of ether oxygens (including phenoxy) is 1. The molecule has 3 aromatic rings. The van der Waals surface area contributed by atoms with Crippen LogP contribution in [0.5, 0.6) is 0 Å². The number of hydrogen-bond donors (Lipinski definition) is 1. The molecule has 1 unspecified atom stereocenters. The second-order valence-electron chi connectivity index (χ2n) is 7.24. The highest BCUT2D eigenvalue weighted by molar-refractivity contribution is 5.97. The van der Waals surface area contributed by atoms with Gasteiger partial charge in [-0.3, -0.25) is 14.4 Å². The summed E-state index contributed by atoms with van der Waals surface area (Å²) in [5.41, 5.74) is 3.13. The molecule has 7 heteroatoms. The van der Waals surface area contributed by atoms with Crippen molar-refractivity contribution in [1.29, 1.82) is 0 Å². The van der Waals surface area contributed by atoms with E-state index >= 15 is 0 Å². The van der Waals surface area contributed by atoms with Crippen LogP contribution in [-0.4, -0.2) is 28.7 Å². The Morgan fingerprint density at radius 1 is 1.06 bits per heavy atom. The highest BCUT2D eigenvalue weighted by Crippen LogP contribution is 2.21. The van der Waals surface area contributed by atoms with Crippen molar-refractivity contribution >= 4 is 23.3 Å². The lowest BCUT2D eigenvalue weighted by atomic mass is 10.1. The predicted octanol–water partition coefficient (Wildman–Crippen LogP) is 4.36. The maximum Gasteiger partial charge on any atom is 0.307 e. The number of hydrogen-bond acceptors (Lipinski definition) is 6. The number of nitrogens with zero attached hydrogens (tertiary/aromatic N) is 1. The number of aryl methyl sites for hydroxylation is 2. The largest absolute Gasteiger partial charge is 0.453 e. The molecule has 0 radical (unpaired) electrons. The zero-order valence-corrected chi connectivity index (χ0v) is 17.7. The number of benzene rings is 2. The van der Waals surface area contributed by atoms with Gasteiger partial charge < -0.3 is 14.5 Å². The van der Waals surface area contributed by atoms with Gasteiger partial charge in [0.05, 0.1) is 12.6 Å². The average molecular weight is 420 g/mol. The molecule has 3 rings (SSSR count). The van der Waals surface area contributed by atoms with Crippen molar-refractivity contribution in [2.75, 3.05) is 5.32 Å². The van der Waals surface area contributed by atoms with Crippen LogP contribution in [0.2, 0.25) is 0 Å². The SMILES string of the molecule is CC(=O)c1ccc(NC(=O)C(C)OC(=O)CCc2ncc(-c3ccc(C)cc3)o2)cc1. The van der Waals surface area contributed by atoms with E-state index in [9.17, 15) is 14.4 Å². The average Bonchev–Trinajstić information content (AvgIpc) is 3.22. The number of esters is 1. The third-order valence-corrected chi connectivity index (χ3v) is 4.67. The van der Waals surface area contributed by atoms with Gasteiger partial charge in [-0.1, -0.05) is 29.8 Å². The minimum atomic E-state index is -0.965. The van der Waals surface area contributed by atoms with Crippen molar-refractivity contribution < 1.29 is 23.5 Å². The first-order valence-corrected chi connectivity index (χ1v) is 9.95. The van der Waals surface area contributed by atoms with Crippen molar-refractivity contribution in [2.24, 2.45) is 0 Å². The lowest BCUT2D eigenvalue weighted by Crippen LogP contribution is -2.30. The van der Waals surface area contributed by atoms with Gasteiger partial charge in [0, 0.05) is 23.2 Å². The summed E-state index contributed by atoms with van der Waals surface area (Å²) in [6.07, 6.45) is 0.969. The first-order valence-electron chi connectivity index (χ1n) is 9.95. The van der Waals surface area contributed by atoms with Gasteiger partial charge >= 0.3 is 5.97 Å². The van der Waals surface area contributed by atoms with E-state index in [-0.39, 0.29) is 18.6 Å². The molecular formula is C24H24N2O5. The molecule has 2 aromatic carbocycles. The summed E-state index contributed by atoms with van der Waals surface area (Å²) in [6.45, 7) is 4.97. The van der Waals surface area contributed by atoms with Crippen LogP contribution in [0.15, 0.2) is 59.1 Å². The molecule has 1 heterocycles. The molecule has 1 atom stereocenters. The normalized spacial score (nSPS) is 11.6. The maximum absolute atomic E-state index is 12.2. The van der Waals surface area contributed by atoms with Gasteiger partial charge in [0.2, 0.25) is 0 Å². The Labute approximate surface area is 180 Å². The summed E-state index contributed by atoms with van der Waals surface area (Å²) in [7, 11) is 0. The number of Topliss-reactive ketones (excluding diaryl/α,β-unsaturated/α-hetero) is 1. The third-order valence-electron chi connectivity index (χ3n) is 4.67. The van der Waals surface area contributed by atoms with E-state index in [1.165, 1.54) is 13.8 Å². The zero-order chi connectivity index (χ0) is 22.4. The molecule has 0 aliphatic heterocycles. The molecule has 1 N–H and O–H groups in total. The van der Waals surface area contributed by atoms with E-state index in [0.29, 0.717) is 22.9 Å². The lowest BCUT2D eigenvalue weighted by Gasteiger charge is -2.13. The molecule has 0 fully saturated rings. The van der Waals surface area contributed by atoms with Gasteiger partial charge in [0.25, 0.3) is 5.91 Å². The fourth-order valence-electron chi connectivity index (χ4n) is 2.83. The van der Waals surface area contributed by atoms with Crippen LogP contribution < -0.4 is 5.32 Å². The molecule has 0 aliphatic rings. The number of nitrogens with one attached hydrogen (secondary N) is 1. The Morgan fingerprint density at radius 3 is 2.39 bits per heavy atom. The first-order chi connectivity index (χ1) is 14.8. The maximum atomic E-state index is 12.2. The Kier molecular flexibility index (Phi) is 6.97. The molecule has 0 aliphatic carbocycles. The molecule has 31 heavy (non-hydrogen) atoms. The Morgan fingerprint density at radius 2 is 1.74 bits per heavy atom. The van der Waals surface area contributed by atoms with Crippen LogP contribution in [0.25, 0.3) is 11.3 Å². The zero-order valence-electron chi connectivity index (χ0n) is 17.7. The molecule has 0 saturated heterocycles. The third kappa shape index (κ3) is 6.12. The van der Waals surface area contributed by atoms with Crippen LogP contribution in [0.4, 0.5) is 5.69 Å². The second kappa shape index (κ2) is 9.84. The van der Waals surface area contributed by atoms with E-state index in [4.69, 9.17) is 9.15 Å². The van der Waals surface area contributed by atoms with Gasteiger partial charge in [-0.15, -0.1) is 0 Å². The summed E-state index contributed by atoms with van der Waals surface area (Å²) in [4.78, 5) is 39.8. The van der Waals surface area contributed by atoms with E-state index in [0.717, 1.165) is 11.1 Å². The lowest BCUT2D eigenvalue weighted by molar-refractivity contribution is -0.153. The van der Waals surface area contributed by atoms with Gasteiger partial charge in [0.1, 0.15) is 0 Å². The van der Waals surface area contributed by atoms with Gasteiger partial charge in [-0.2, -0.15) is 0 Å². The van der Waals surface area contributed by atoms with Gasteiger partial charge in [-0.25, -0.2) is 4.98 Å². The number of anilines is 1. The molecule has 1 amide bonds. The highest BCUT2D eigenvalue weighted by atomic mass is 16.5. The molecule has 0 saturated carbocycles. The number of amides is 1. The number of rotatable bonds is 8. The van der Waals surface area contributed by atoms with Gasteiger partial charge in [-0.05, 0) is 45.0 Å². The molecule has 7 nitrogen and oxygen atoms in total. The number of carbonyl (C=O) groups is 3. The molecule has 160 valence electrons. The standard InChI is InChI=1S/C24H24N2O5/c1-15-4-6-19(7-5-15)21-14-25-22(31-21)12-13-23(28)30-17(3)24(29)26-20-10-8-18(9-11-20)16(2)27/h4-11,14,17H,12-13H2,1-3H3,(H,26,29). The number of oxazole rings is 1. The van der Waals surface area contributed by atoms with Gasteiger partial charge in [0.15, 0.2) is 23.5 Å². The summed E-state index contributed by atoms with van der Waals surface area (Å²) >= 11 is 0. The van der Waals surface area contributed by atoms with Crippen molar-refractivity contribution in [2.45, 2.75) is 39.7 Å². The quantitative estimate of drug-likeness (QED) is 0.430. The van der Waals surface area contributed by atoms with E-state index in [2.05, 4.69) is 10.3 Å². The van der Waals surface area contributed by atoms with Crippen LogP contribution in [0.1, 0.15) is 42.1 Å². The van der Waals surface area contributed by atoms with E-state index < -0.39 is 18.0 Å². The molecule has 1 aromatic heterocycles. The fourth-order valence-corrected chi connectivity index (χ4v) is 2.83. The van der Waals surface area contributed by atoms with E-state index in [1.807, 2.05) is 31.2 Å². The summed E-state index contributed by atoms with van der Waals surface area (Å²) in [6, 6.07) is 14.3. The summed E-state index contributed by atoms with van der Waals surface area (Å²) in [5.74, 6) is 0.0191. The molecular weight excluding hydrogens is 396 g/mol. The summed E-state index contributed by atoms with van der Waals surface area (Å²) in [5, 5.41) is 2.65. The highest BCUT2D eigenvalue weighted by Gasteiger charge is 2.19. The minimum absolute atomic E-state index is 0.0405. The number of carbonyl (C=O) groups excluding carboxylic acids is 3. The Balaban J connectivity index is 1.47. The summed E-state index contributed by atoms with van der Waals surface area (Å²) < 4.78 is 10.9. The topological polar surface area (TPSA) is 98.5 Å². The Bertz CT molecular complexity index is 1070. The van der Waals surface area contributed by atoms with Crippen molar-refractivity contribution in [3.05, 3.63) is 71.7 Å². The van der Waals surface area contributed by atoms with Crippen molar-refractivity contribution in [3.8, 4) is 11.3 Å². The van der Waals surface area contributed by atoms with Crippen LogP contribution in [0, 0.1) is 6.92 Å². The fraction of sp³-hybridized carbons (Fsp3) is 0.250. The number of ketones is 1. The number of aromatic nitrogens is 1. The molecule has 0 bridgehead atoms. The van der Waals surface area contributed by atoms with Crippen LogP contribution in [-0.2, 0) is 20.7 Å². The van der Waals surface area contributed by atoms with Crippen molar-refractivity contribution in [1.82, 2.24) is 4.98 Å². The van der Waals surface area contributed by atoms with Crippen molar-refractivity contribution in [3.63, 3.8) is 0 Å². The molecule has 0 spiro atoms.